The van der Waals surface area contributed by atoms with Crippen molar-refractivity contribution >= 4 is 5.91 Å². The van der Waals surface area contributed by atoms with Crippen molar-refractivity contribution in [2.45, 2.75) is 25.8 Å². The topological polar surface area (TPSA) is 59.2 Å². The van der Waals surface area contributed by atoms with Crippen LogP contribution < -0.4 is 0 Å². The Bertz CT molecular complexity index is 641. The molecule has 20 heavy (non-hydrogen) atoms. The molecule has 1 aromatic carbocycles. The third kappa shape index (κ3) is 2.17. The van der Waals surface area contributed by atoms with E-state index in [1.165, 1.54) is 12.1 Å². The first-order valence-corrected chi connectivity index (χ1v) is 6.52. The lowest BCUT2D eigenvalue weighted by atomic mass is 10.1. The van der Waals surface area contributed by atoms with Crippen LogP contribution in [0.15, 0.2) is 28.8 Å². The number of likely N-dealkylation sites (tertiary alicyclic amines) is 1. The number of benzene rings is 1. The highest BCUT2D eigenvalue weighted by molar-refractivity contribution is 5.94. The van der Waals surface area contributed by atoms with E-state index in [2.05, 4.69) is 10.1 Å². The third-order valence-electron chi connectivity index (χ3n) is 3.45. The minimum Gasteiger partial charge on any atom is -0.337 e. The molecule has 1 saturated heterocycles. The molecule has 0 N–H and O–H groups in total. The summed E-state index contributed by atoms with van der Waals surface area (Å²) in [6.45, 7) is 2.30. The molecule has 1 aliphatic heterocycles. The Labute approximate surface area is 115 Å². The van der Waals surface area contributed by atoms with Gasteiger partial charge in [-0.1, -0.05) is 17.3 Å². The van der Waals surface area contributed by atoms with E-state index in [1.807, 2.05) is 0 Å². The lowest BCUT2D eigenvalue weighted by molar-refractivity contribution is 0.0705. The van der Waals surface area contributed by atoms with Gasteiger partial charge in [-0.15, -0.1) is 0 Å². The van der Waals surface area contributed by atoms with Gasteiger partial charge in [-0.25, -0.2) is 4.39 Å². The van der Waals surface area contributed by atoms with Gasteiger partial charge < -0.3 is 9.42 Å². The standard InChI is InChI=1S/C14H14FN3O2/c1-9-16-13(20-17-9)12-7-4-8-18(12)14(19)10-5-2-3-6-11(10)15/h2-3,5-6,12H,4,7-8H2,1H3. The SMILES string of the molecule is Cc1noc(C2CCCN2C(=O)c2ccccc2F)n1. The van der Waals surface area contributed by atoms with Crippen LogP contribution >= 0.6 is 0 Å². The van der Waals surface area contributed by atoms with E-state index in [-0.39, 0.29) is 17.5 Å². The largest absolute Gasteiger partial charge is 0.337 e. The van der Waals surface area contributed by atoms with E-state index in [9.17, 15) is 9.18 Å². The van der Waals surface area contributed by atoms with Crippen molar-refractivity contribution in [3.05, 3.63) is 47.4 Å². The molecule has 2 heterocycles. The summed E-state index contributed by atoms with van der Waals surface area (Å²) in [5.74, 6) is 0.112. The van der Waals surface area contributed by atoms with Crippen LogP contribution in [0.3, 0.4) is 0 Å². The van der Waals surface area contributed by atoms with E-state index in [1.54, 1.807) is 24.0 Å². The number of amides is 1. The number of hydrogen-bond acceptors (Lipinski definition) is 4. The molecule has 1 amide bonds. The molecule has 1 unspecified atom stereocenters. The Morgan fingerprint density at radius 3 is 2.95 bits per heavy atom. The quantitative estimate of drug-likeness (QED) is 0.845. The lowest BCUT2D eigenvalue weighted by Gasteiger charge is -2.22. The van der Waals surface area contributed by atoms with Gasteiger partial charge >= 0.3 is 0 Å². The van der Waals surface area contributed by atoms with Gasteiger partial charge in [0.05, 0.1) is 5.56 Å². The van der Waals surface area contributed by atoms with E-state index < -0.39 is 5.82 Å². The number of aromatic nitrogens is 2. The molecule has 1 aromatic heterocycles. The molecular formula is C14H14FN3O2. The Morgan fingerprint density at radius 1 is 1.45 bits per heavy atom. The molecule has 1 aliphatic rings. The van der Waals surface area contributed by atoms with Gasteiger partial charge in [0, 0.05) is 6.54 Å². The van der Waals surface area contributed by atoms with Gasteiger partial charge in [-0.2, -0.15) is 4.98 Å². The summed E-state index contributed by atoms with van der Waals surface area (Å²) in [5.41, 5.74) is 0.0793. The summed E-state index contributed by atoms with van der Waals surface area (Å²) in [4.78, 5) is 18.2. The first kappa shape index (κ1) is 12.8. The van der Waals surface area contributed by atoms with Crippen molar-refractivity contribution in [3.63, 3.8) is 0 Å². The molecule has 0 aliphatic carbocycles. The first-order chi connectivity index (χ1) is 9.66. The molecule has 0 bridgehead atoms. The number of nitrogens with zero attached hydrogens (tertiary/aromatic N) is 3. The van der Waals surface area contributed by atoms with Crippen LogP contribution in [0.5, 0.6) is 0 Å². The number of aryl methyl sites for hydroxylation is 1. The maximum Gasteiger partial charge on any atom is 0.257 e. The second kappa shape index (κ2) is 5.03. The summed E-state index contributed by atoms with van der Waals surface area (Å²) >= 11 is 0. The minimum absolute atomic E-state index is 0.0793. The summed E-state index contributed by atoms with van der Waals surface area (Å²) in [6.07, 6.45) is 1.59. The maximum atomic E-state index is 13.7. The summed E-state index contributed by atoms with van der Waals surface area (Å²) < 4.78 is 18.9. The van der Waals surface area contributed by atoms with Crippen molar-refractivity contribution in [2.75, 3.05) is 6.54 Å². The zero-order valence-corrected chi connectivity index (χ0v) is 11.0. The van der Waals surface area contributed by atoms with Crippen LogP contribution in [0.1, 0.15) is 41.0 Å². The Hall–Kier alpha value is -2.24. The fourth-order valence-corrected chi connectivity index (χ4v) is 2.50. The Morgan fingerprint density at radius 2 is 2.25 bits per heavy atom. The zero-order valence-electron chi connectivity index (χ0n) is 11.0. The highest BCUT2D eigenvalue weighted by atomic mass is 19.1. The van der Waals surface area contributed by atoms with Gasteiger partial charge in [0.15, 0.2) is 5.82 Å². The minimum atomic E-state index is -0.509. The van der Waals surface area contributed by atoms with Crippen LogP contribution in [-0.4, -0.2) is 27.5 Å². The van der Waals surface area contributed by atoms with Crippen LogP contribution in [0, 0.1) is 12.7 Å². The van der Waals surface area contributed by atoms with Crippen LogP contribution in [-0.2, 0) is 0 Å². The van der Waals surface area contributed by atoms with Crippen LogP contribution in [0.25, 0.3) is 0 Å². The molecule has 3 rings (SSSR count). The second-order valence-corrected chi connectivity index (χ2v) is 4.82. The van der Waals surface area contributed by atoms with E-state index in [4.69, 9.17) is 4.52 Å². The van der Waals surface area contributed by atoms with Crippen molar-refractivity contribution in [1.82, 2.24) is 15.0 Å². The van der Waals surface area contributed by atoms with Crippen LogP contribution in [0.4, 0.5) is 4.39 Å². The molecule has 0 radical (unpaired) electrons. The van der Waals surface area contributed by atoms with Crippen molar-refractivity contribution in [1.29, 1.82) is 0 Å². The predicted molar refractivity (Wildman–Crippen MR) is 68.4 cm³/mol. The summed E-state index contributed by atoms with van der Waals surface area (Å²) in [7, 11) is 0. The number of rotatable bonds is 2. The number of carbonyl (C=O) groups is 1. The van der Waals surface area contributed by atoms with Crippen molar-refractivity contribution in [2.24, 2.45) is 0 Å². The number of carbonyl (C=O) groups excluding carboxylic acids is 1. The van der Waals surface area contributed by atoms with Gasteiger partial charge in [-0.3, -0.25) is 4.79 Å². The highest BCUT2D eigenvalue weighted by Crippen LogP contribution is 2.32. The van der Waals surface area contributed by atoms with Gasteiger partial charge in [-0.05, 0) is 31.9 Å². The van der Waals surface area contributed by atoms with Gasteiger partial charge in [0.1, 0.15) is 11.9 Å². The highest BCUT2D eigenvalue weighted by Gasteiger charge is 2.35. The molecule has 5 nitrogen and oxygen atoms in total. The molecular weight excluding hydrogens is 261 g/mol. The Balaban J connectivity index is 1.89. The average Bonchev–Trinajstić information content (AvgIpc) is 3.06. The number of halogens is 1. The molecule has 6 heteroatoms. The summed E-state index contributed by atoms with van der Waals surface area (Å²) in [6, 6.07) is 5.73. The fourth-order valence-electron chi connectivity index (χ4n) is 2.50. The molecule has 2 aromatic rings. The molecule has 0 saturated carbocycles. The maximum absolute atomic E-state index is 13.7. The molecule has 1 atom stereocenters. The molecule has 1 fully saturated rings. The van der Waals surface area contributed by atoms with Crippen molar-refractivity contribution < 1.29 is 13.7 Å². The fraction of sp³-hybridized carbons (Fsp3) is 0.357. The smallest absolute Gasteiger partial charge is 0.257 e. The first-order valence-electron chi connectivity index (χ1n) is 6.52. The normalized spacial score (nSPS) is 18.5. The predicted octanol–water partition coefficient (Wildman–Crippen LogP) is 2.49. The number of hydrogen-bond donors (Lipinski definition) is 0. The van der Waals surface area contributed by atoms with Crippen molar-refractivity contribution in [3.8, 4) is 0 Å². The van der Waals surface area contributed by atoms with E-state index in [0.29, 0.717) is 18.3 Å². The van der Waals surface area contributed by atoms with Gasteiger partial charge in [0.25, 0.3) is 5.91 Å². The lowest BCUT2D eigenvalue weighted by Crippen LogP contribution is -2.31. The Kier molecular flexibility index (Phi) is 3.22. The monoisotopic (exact) mass is 275 g/mol. The molecule has 0 spiro atoms. The third-order valence-corrected chi connectivity index (χ3v) is 3.45. The average molecular weight is 275 g/mol. The second-order valence-electron chi connectivity index (χ2n) is 4.82. The van der Waals surface area contributed by atoms with E-state index in [0.717, 1.165) is 12.8 Å². The van der Waals surface area contributed by atoms with E-state index >= 15 is 0 Å². The van der Waals surface area contributed by atoms with Gasteiger partial charge in [0.2, 0.25) is 5.89 Å². The summed E-state index contributed by atoms with van der Waals surface area (Å²) in [5, 5.41) is 3.75. The molecule has 104 valence electrons. The zero-order chi connectivity index (χ0) is 14.1. The van der Waals surface area contributed by atoms with Crippen LogP contribution in [0.2, 0.25) is 0 Å².